The molecule has 3 rings (SSSR count). The Labute approximate surface area is 141 Å². The zero-order valence-corrected chi connectivity index (χ0v) is 12.9. The summed E-state index contributed by atoms with van der Waals surface area (Å²) in [5.41, 5.74) is 4.46. The van der Waals surface area contributed by atoms with Gasteiger partial charge in [0, 0.05) is 17.7 Å². The number of hydrogen-bond donors (Lipinski definition) is 3. The molecule has 9 heteroatoms. The van der Waals surface area contributed by atoms with E-state index < -0.39 is 34.5 Å². The van der Waals surface area contributed by atoms with Crippen LogP contribution in [0, 0.1) is 33.8 Å². The highest BCUT2D eigenvalue weighted by atomic mass is 16.6. The smallest absolute Gasteiger partial charge is 0.307 e. The first-order chi connectivity index (χ1) is 11.9. The van der Waals surface area contributed by atoms with E-state index in [0.717, 1.165) is 0 Å². The van der Waals surface area contributed by atoms with Crippen molar-refractivity contribution in [2.75, 3.05) is 0 Å². The Balaban J connectivity index is 1.62. The number of fused-ring (bicyclic) bond motifs is 2. The summed E-state index contributed by atoms with van der Waals surface area (Å²) in [6.45, 7) is 0. The number of nitrogens with one attached hydrogen (secondary N) is 2. The summed E-state index contributed by atoms with van der Waals surface area (Å²) >= 11 is 0. The second-order valence-electron chi connectivity index (χ2n) is 6.09. The Morgan fingerprint density at radius 2 is 1.64 bits per heavy atom. The van der Waals surface area contributed by atoms with Gasteiger partial charge in [0.2, 0.25) is 5.91 Å². The molecule has 1 aromatic rings. The van der Waals surface area contributed by atoms with Crippen molar-refractivity contribution >= 4 is 23.5 Å². The van der Waals surface area contributed by atoms with Gasteiger partial charge in [-0.05, 0) is 30.4 Å². The Morgan fingerprint density at radius 3 is 2.20 bits per heavy atom. The second kappa shape index (κ2) is 6.34. The van der Waals surface area contributed by atoms with E-state index in [1.165, 1.54) is 24.3 Å². The van der Waals surface area contributed by atoms with Crippen molar-refractivity contribution < 1.29 is 24.4 Å². The molecule has 2 aliphatic carbocycles. The molecule has 0 unspecified atom stereocenters. The number of hydrazine groups is 1. The molecule has 9 nitrogen and oxygen atoms in total. The van der Waals surface area contributed by atoms with Crippen LogP contribution < -0.4 is 10.9 Å². The van der Waals surface area contributed by atoms with Gasteiger partial charge >= 0.3 is 5.97 Å². The first-order valence-corrected chi connectivity index (χ1v) is 7.64. The Morgan fingerprint density at radius 1 is 1.04 bits per heavy atom. The maximum Gasteiger partial charge on any atom is 0.307 e. The van der Waals surface area contributed by atoms with Crippen LogP contribution in [0.15, 0.2) is 36.4 Å². The van der Waals surface area contributed by atoms with Crippen molar-refractivity contribution in [3.63, 3.8) is 0 Å². The van der Waals surface area contributed by atoms with E-state index in [1.807, 2.05) is 12.2 Å². The first kappa shape index (κ1) is 16.6. The number of carboxylic acids is 1. The number of rotatable bonds is 4. The van der Waals surface area contributed by atoms with E-state index in [-0.39, 0.29) is 23.1 Å². The third kappa shape index (κ3) is 3.08. The average molecular weight is 345 g/mol. The van der Waals surface area contributed by atoms with Crippen molar-refractivity contribution in [3.8, 4) is 0 Å². The number of allylic oxidation sites excluding steroid dienone is 2. The molecule has 2 bridgehead atoms. The summed E-state index contributed by atoms with van der Waals surface area (Å²) in [5.74, 6) is -4.08. The van der Waals surface area contributed by atoms with Gasteiger partial charge in [0.1, 0.15) is 0 Å². The first-order valence-electron chi connectivity index (χ1n) is 7.64. The molecule has 1 fully saturated rings. The van der Waals surface area contributed by atoms with Crippen LogP contribution in [-0.2, 0) is 9.59 Å². The minimum absolute atomic E-state index is 0.133. The lowest BCUT2D eigenvalue weighted by Crippen LogP contribution is -2.48. The lowest BCUT2D eigenvalue weighted by atomic mass is 9.82. The number of nitro benzene ring substituents is 1. The number of amides is 2. The highest BCUT2D eigenvalue weighted by molar-refractivity contribution is 5.96. The van der Waals surface area contributed by atoms with Crippen molar-refractivity contribution in [2.24, 2.45) is 23.7 Å². The van der Waals surface area contributed by atoms with Gasteiger partial charge in [-0.2, -0.15) is 0 Å². The third-order valence-corrected chi connectivity index (χ3v) is 4.69. The van der Waals surface area contributed by atoms with Crippen molar-refractivity contribution in [2.45, 2.75) is 6.42 Å². The second-order valence-corrected chi connectivity index (χ2v) is 6.09. The largest absolute Gasteiger partial charge is 0.481 e. The van der Waals surface area contributed by atoms with E-state index in [1.54, 1.807) is 0 Å². The number of non-ortho nitro benzene ring substituents is 1. The molecule has 0 spiro atoms. The van der Waals surface area contributed by atoms with Crippen LogP contribution in [0.4, 0.5) is 5.69 Å². The van der Waals surface area contributed by atoms with E-state index in [2.05, 4.69) is 10.9 Å². The fraction of sp³-hybridized carbons (Fsp3) is 0.312. The lowest BCUT2D eigenvalue weighted by molar-refractivity contribution is -0.384. The monoisotopic (exact) mass is 345 g/mol. The Hall–Kier alpha value is -3.23. The average Bonchev–Trinajstić information content (AvgIpc) is 3.20. The summed E-state index contributed by atoms with van der Waals surface area (Å²) < 4.78 is 0. The summed E-state index contributed by atoms with van der Waals surface area (Å²) in [7, 11) is 0. The van der Waals surface area contributed by atoms with Gasteiger partial charge < -0.3 is 5.11 Å². The number of nitro groups is 1. The normalized spacial score (nSPS) is 26.2. The number of aliphatic carboxylic acids is 1. The Kier molecular flexibility index (Phi) is 4.22. The maximum absolute atomic E-state index is 12.3. The summed E-state index contributed by atoms with van der Waals surface area (Å²) in [5, 5.41) is 19.9. The number of carbonyl (C=O) groups is 3. The molecule has 1 saturated carbocycles. The van der Waals surface area contributed by atoms with Crippen LogP contribution in [0.25, 0.3) is 0 Å². The molecular weight excluding hydrogens is 330 g/mol. The van der Waals surface area contributed by atoms with E-state index in [9.17, 15) is 29.6 Å². The predicted octanol–water partition coefficient (Wildman–Crippen LogP) is 0.879. The summed E-state index contributed by atoms with van der Waals surface area (Å²) in [6, 6.07) is 4.88. The van der Waals surface area contributed by atoms with Gasteiger partial charge in [0.25, 0.3) is 11.6 Å². The molecule has 0 aliphatic heterocycles. The summed E-state index contributed by atoms with van der Waals surface area (Å²) in [6.07, 6.45) is 4.28. The summed E-state index contributed by atoms with van der Waals surface area (Å²) in [4.78, 5) is 45.7. The highest BCUT2D eigenvalue weighted by Gasteiger charge is 2.51. The molecule has 4 atom stereocenters. The highest BCUT2D eigenvalue weighted by Crippen LogP contribution is 2.48. The molecule has 0 saturated heterocycles. The molecule has 1 aromatic carbocycles. The predicted molar refractivity (Wildman–Crippen MR) is 84.1 cm³/mol. The van der Waals surface area contributed by atoms with Crippen LogP contribution in [0.5, 0.6) is 0 Å². The standard InChI is InChI=1S/C16H15N3O6/c20-14(8-3-5-11(6-4-8)19(24)25)17-18-15(21)12-9-1-2-10(7-9)13(12)16(22)23/h1-6,9-10,12-13H,7H2,(H,17,20)(H,18,21)(H,22,23)/t9-,10-,12+,13+/m0/s1. The van der Waals surface area contributed by atoms with E-state index in [4.69, 9.17) is 0 Å². The van der Waals surface area contributed by atoms with Gasteiger partial charge in [0.05, 0.1) is 16.8 Å². The van der Waals surface area contributed by atoms with E-state index >= 15 is 0 Å². The minimum atomic E-state index is -1.03. The maximum atomic E-state index is 12.3. The number of benzene rings is 1. The van der Waals surface area contributed by atoms with Crippen molar-refractivity contribution in [1.82, 2.24) is 10.9 Å². The lowest BCUT2D eigenvalue weighted by Gasteiger charge is -2.23. The zero-order chi connectivity index (χ0) is 18.1. The van der Waals surface area contributed by atoms with Gasteiger partial charge in [0.15, 0.2) is 0 Å². The molecule has 2 aliphatic rings. The van der Waals surface area contributed by atoms with Crippen LogP contribution in [0.2, 0.25) is 0 Å². The molecule has 2 amide bonds. The molecule has 0 heterocycles. The fourth-order valence-corrected chi connectivity index (χ4v) is 3.52. The third-order valence-electron chi connectivity index (χ3n) is 4.69. The number of carbonyl (C=O) groups excluding carboxylic acids is 2. The van der Waals surface area contributed by atoms with Gasteiger partial charge in [-0.1, -0.05) is 12.2 Å². The molecule has 25 heavy (non-hydrogen) atoms. The minimum Gasteiger partial charge on any atom is -0.481 e. The number of carboxylic acid groups (broad SMARTS) is 1. The molecule has 0 radical (unpaired) electrons. The molecule has 3 N–H and O–H groups in total. The molecule has 130 valence electrons. The molecule has 0 aromatic heterocycles. The number of hydrogen-bond acceptors (Lipinski definition) is 5. The topological polar surface area (TPSA) is 139 Å². The number of nitrogens with zero attached hydrogens (tertiary/aromatic N) is 1. The van der Waals surface area contributed by atoms with Gasteiger partial charge in [-0.15, -0.1) is 0 Å². The molecular formula is C16H15N3O6. The van der Waals surface area contributed by atoms with Crippen molar-refractivity contribution in [3.05, 3.63) is 52.1 Å². The SMILES string of the molecule is O=C(NNC(=O)[C@H]1[C@H](C(=O)O)[C@H]2C=C[C@H]1C2)c1ccc([N+](=O)[O-])cc1. The van der Waals surface area contributed by atoms with Gasteiger partial charge in [-0.3, -0.25) is 35.3 Å². The quantitative estimate of drug-likeness (QED) is 0.420. The zero-order valence-electron chi connectivity index (χ0n) is 12.9. The van der Waals surface area contributed by atoms with Crippen LogP contribution in [-0.4, -0.2) is 27.8 Å². The van der Waals surface area contributed by atoms with Gasteiger partial charge in [-0.25, -0.2) is 0 Å². The van der Waals surface area contributed by atoms with Crippen molar-refractivity contribution in [1.29, 1.82) is 0 Å². The van der Waals surface area contributed by atoms with Crippen LogP contribution >= 0.6 is 0 Å². The Bertz CT molecular complexity index is 773. The van der Waals surface area contributed by atoms with E-state index in [0.29, 0.717) is 6.42 Å². The van der Waals surface area contributed by atoms with Crippen LogP contribution in [0.3, 0.4) is 0 Å². The fourth-order valence-electron chi connectivity index (χ4n) is 3.52. The van der Waals surface area contributed by atoms with Crippen LogP contribution in [0.1, 0.15) is 16.8 Å².